The van der Waals surface area contributed by atoms with Crippen molar-refractivity contribution in [3.05, 3.63) is 42.5 Å². The molecule has 0 radical (unpaired) electrons. The molecule has 0 unspecified atom stereocenters. The van der Waals surface area contributed by atoms with Gasteiger partial charge in [0.2, 0.25) is 0 Å². The normalized spacial score (nSPS) is 13.0. The lowest BCUT2D eigenvalue weighted by Gasteiger charge is -2.10. The van der Waals surface area contributed by atoms with E-state index in [1.165, 1.54) is 6.07 Å². The first kappa shape index (κ1) is 25.5. The molecule has 0 fully saturated rings. The standard InChI is InChI=1S/C19H18N2O10S3/c1-2-7-32(24,25)12-4-6-16(22)15(10-12)20-21-18-14-5-3-13(33(26,27)28)8-11(14)9-17(19(18)23)34(29,30)31/h3-6,8-10,22-23H,2,7H2,1H3,(H,26,27,28)(H,29,30,31). The van der Waals surface area contributed by atoms with Crippen molar-refractivity contribution in [2.75, 3.05) is 5.75 Å². The minimum Gasteiger partial charge on any atom is -0.506 e. The van der Waals surface area contributed by atoms with Crippen molar-refractivity contribution in [1.29, 1.82) is 0 Å². The Morgan fingerprint density at radius 2 is 1.44 bits per heavy atom. The summed E-state index contributed by atoms with van der Waals surface area (Å²) in [4.78, 5) is -1.77. The zero-order chi connectivity index (χ0) is 25.5. The number of hydrogen-bond donors (Lipinski definition) is 4. The van der Waals surface area contributed by atoms with Gasteiger partial charge in [0.05, 0.1) is 15.5 Å². The highest BCUT2D eigenvalue weighted by atomic mass is 32.2. The minimum absolute atomic E-state index is 0.0321. The number of aromatic hydroxyl groups is 2. The van der Waals surface area contributed by atoms with E-state index >= 15 is 0 Å². The molecule has 3 rings (SSSR count). The van der Waals surface area contributed by atoms with Crippen LogP contribution in [0.25, 0.3) is 10.8 Å². The molecular weight excluding hydrogens is 512 g/mol. The maximum absolute atomic E-state index is 12.3. The molecule has 0 aliphatic rings. The summed E-state index contributed by atoms with van der Waals surface area (Å²) in [6.07, 6.45) is 0.341. The van der Waals surface area contributed by atoms with Crippen molar-refractivity contribution >= 4 is 52.2 Å². The summed E-state index contributed by atoms with van der Waals surface area (Å²) in [5.41, 5.74) is -0.857. The van der Waals surface area contributed by atoms with Gasteiger partial charge >= 0.3 is 0 Å². The predicted molar refractivity (Wildman–Crippen MR) is 120 cm³/mol. The van der Waals surface area contributed by atoms with Crippen LogP contribution in [0.3, 0.4) is 0 Å². The van der Waals surface area contributed by atoms with Crippen molar-refractivity contribution in [2.24, 2.45) is 10.2 Å². The number of phenolic OH excluding ortho intramolecular Hbond substituents is 2. The van der Waals surface area contributed by atoms with Crippen LogP contribution in [0, 0.1) is 0 Å². The highest BCUT2D eigenvalue weighted by Gasteiger charge is 2.23. The highest BCUT2D eigenvalue weighted by molar-refractivity contribution is 7.91. The summed E-state index contributed by atoms with van der Waals surface area (Å²) < 4.78 is 89.6. The fourth-order valence-corrected chi connectivity index (χ4v) is 5.53. The zero-order valence-corrected chi connectivity index (χ0v) is 19.8. The monoisotopic (exact) mass is 530 g/mol. The fraction of sp³-hybridized carbons (Fsp3) is 0.158. The summed E-state index contributed by atoms with van der Waals surface area (Å²) >= 11 is 0. The number of sulfone groups is 1. The summed E-state index contributed by atoms with van der Waals surface area (Å²) in [7, 11) is -13.4. The average Bonchev–Trinajstić information content (AvgIpc) is 2.71. The Kier molecular flexibility index (Phi) is 6.69. The number of azo groups is 1. The molecule has 0 aliphatic heterocycles. The predicted octanol–water partition coefficient (Wildman–Crippen LogP) is 3.34. The van der Waals surface area contributed by atoms with Gasteiger partial charge < -0.3 is 10.2 Å². The van der Waals surface area contributed by atoms with Crippen LogP contribution in [0.4, 0.5) is 11.4 Å². The van der Waals surface area contributed by atoms with Gasteiger partial charge in [-0.05, 0) is 48.2 Å². The molecule has 34 heavy (non-hydrogen) atoms. The molecule has 0 aliphatic carbocycles. The van der Waals surface area contributed by atoms with Crippen molar-refractivity contribution < 1.29 is 44.6 Å². The molecule has 0 aromatic heterocycles. The summed E-state index contributed by atoms with van der Waals surface area (Å²) in [6, 6.07) is 6.98. The Labute approximate surface area is 194 Å². The lowest BCUT2D eigenvalue weighted by Crippen LogP contribution is -2.05. The number of nitrogens with zero attached hydrogens (tertiary/aromatic N) is 2. The number of hydrogen-bond acceptors (Lipinski definition) is 10. The molecule has 0 saturated heterocycles. The van der Waals surface area contributed by atoms with Crippen LogP contribution in [0.2, 0.25) is 0 Å². The first-order chi connectivity index (χ1) is 15.6. The van der Waals surface area contributed by atoms with E-state index in [0.717, 1.165) is 36.4 Å². The van der Waals surface area contributed by atoms with Gasteiger partial charge in [-0.1, -0.05) is 13.0 Å². The van der Waals surface area contributed by atoms with Gasteiger partial charge in [-0.2, -0.15) is 16.8 Å². The number of fused-ring (bicyclic) bond motifs is 1. The van der Waals surface area contributed by atoms with Crippen LogP contribution in [0.15, 0.2) is 67.4 Å². The molecule has 0 bridgehead atoms. The molecule has 0 saturated carbocycles. The van der Waals surface area contributed by atoms with Crippen molar-refractivity contribution in [3.63, 3.8) is 0 Å². The molecule has 15 heteroatoms. The third kappa shape index (κ3) is 5.18. The first-order valence-electron chi connectivity index (χ1n) is 9.37. The fourth-order valence-electron chi connectivity index (χ4n) is 3.06. The van der Waals surface area contributed by atoms with Crippen LogP contribution in [0.1, 0.15) is 13.3 Å². The maximum atomic E-state index is 12.3. The van der Waals surface area contributed by atoms with E-state index < -0.39 is 57.1 Å². The van der Waals surface area contributed by atoms with Crippen molar-refractivity contribution in [2.45, 2.75) is 28.0 Å². The van der Waals surface area contributed by atoms with Crippen molar-refractivity contribution in [1.82, 2.24) is 0 Å². The summed E-state index contributed by atoms with van der Waals surface area (Å²) in [5, 5.41) is 27.8. The summed E-state index contributed by atoms with van der Waals surface area (Å²) in [6.45, 7) is 1.67. The quantitative estimate of drug-likeness (QED) is 0.258. The molecular formula is C19H18N2O10S3. The lowest BCUT2D eigenvalue weighted by molar-refractivity contribution is 0.444. The molecule has 3 aromatic carbocycles. The average molecular weight is 531 g/mol. The van der Waals surface area contributed by atoms with Gasteiger partial charge in [-0.25, -0.2) is 8.42 Å². The second-order valence-electron chi connectivity index (χ2n) is 7.07. The van der Waals surface area contributed by atoms with Crippen molar-refractivity contribution in [3.8, 4) is 11.5 Å². The Balaban J connectivity index is 2.27. The van der Waals surface area contributed by atoms with Crippen LogP contribution in [-0.2, 0) is 30.1 Å². The van der Waals surface area contributed by atoms with Gasteiger partial charge in [0, 0.05) is 5.39 Å². The molecule has 0 heterocycles. The largest absolute Gasteiger partial charge is 0.506 e. The molecule has 0 spiro atoms. The van der Waals surface area contributed by atoms with Crippen LogP contribution in [0.5, 0.6) is 11.5 Å². The second-order valence-corrected chi connectivity index (χ2v) is 12.0. The van der Waals surface area contributed by atoms with Gasteiger partial charge in [0.25, 0.3) is 20.2 Å². The van der Waals surface area contributed by atoms with E-state index in [1.807, 2.05) is 0 Å². The smallest absolute Gasteiger partial charge is 0.298 e. The summed E-state index contributed by atoms with van der Waals surface area (Å²) in [5.74, 6) is -1.66. The Morgan fingerprint density at radius 3 is 2.03 bits per heavy atom. The number of benzene rings is 3. The molecule has 4 N–H and O–H groups in total. The van der Waals surface area contributed by atoms with Gasteiger partial charge in [-0.3, -0.25) is 9.11 Å². The maximum Gasteiger partial charge on any atom is 0.298 e. The Hall–Kier alpha value is -3.11. The Morgan fingerprint density at radius 1 is 0.794 bits per heavy atom. The van der Waals surface area contributed by atoms with E-state index in [0.29, 0.717) is 6.42 Å². The van der Waals surface area contributed by atoms with Gasteiger partial charge in [0.15, 0.2) is 15.6 Å². The van der Waals surface area contributed by atoms with E-state index in [2.05, 4.69) is 10.2 Å². The van der Waals surface area contributed by atoms with Gasteiger partial charge in [0.1, 0.15) is 22.0 Å². The topological polar surface area (TPSA) is 208 Å². The zero-order valence-electron chi connectivity index (χ0n) is 17.3. The third-order valence-corrected chi connectivity index (χ3v) is 8.27. The lowest BCUT2D eigenvalue weighted by atomic mass is 10.1. The van der Waals surface area contributed by atoms with Crippen LogP contribution in [-0.4, -0.2) is 50.3 Å². The van der Waals surface area contributed by atoms with Gasteiger partial charge in [-0.15, -0.1) is 10.2 Å². The SMILES string of the molecule is CCCS(=O)(=O)c1ccc(O)c(N=Nc2c(O)c(S(=O)(=O)O)cc3cc(S(=O)(=O)O)ccc23)c1. The van der Waals surface area contributed by atoms with E-state index in [1.54, 1.807) is 6.92 Å². The molecule has 0 amide bonds. The van der Waals surface area contributed by atoms with Crippen LogP contribution >= 0.6 is 0 Å². The molecule has 0 atom stereocenters. The van der Waals surface area contributed by atoms with E-state index in [4.69, 9.17) is 0 Å². The first-order valence-corrected chi connectivity index (χ1v) is 13.9. The van der Waals surface area contributed by atoms with Crippen LogP contribution < -0.4 is 0 Å². The third-order valence-electron chi connectivity index (χ3n) is 4.63. The van der Waals surface area contributed by atoms with E-state index in [-0.39, 0.29) is 27.1 Å². The number of rotatable bonds is 7. The molecule has 182 valence electrons. The number of phenols is 2. The molecule has 12 nitrogen and oxygen atoms in total. The minimum atomic E-state index is -5.01. The molecule has 3 aromatic rings. The second kappa shape index (κ2) is 8.92. The Bertz CT molecular complexity index is 1650. The highest BCUT2D eigenvalue weighted by Crippen LogP contribution is 2.42. The van der Waals surface area contributed by atoms with E-state index in [9.17, 15) is 44.6 Å².